The summed E-state index contributed by atoms with van der Waals surface area (Å²) in [5, 5.41) is 0. The summed E-state index contributed by atoms with van der Waals surface area (Å²) in [5.41, 5.74) is 2.05. The highest BCUT2D eigenvalue weighted by atomic mass is 16.2. The molecule has 0 saturated carbocycles. The molecule has 2 nitrogen and oxygen atoms in total. The number of nitrogens with zero attached hydrogens (tertiary/aromatic N) is 1. The van der Waals surface area contributed by atoms with E-state index in [0.717, 1.165) is 11.3 Å². The fourth-order valence-corrected chi connectivity index (χ4v) is 1.84. The van der Waals surface area contributed by atoms with E-state index in [-0.39, 0.29) is 5.91 Å². The molecule has 0 aliphatic heterocycles. The van der Waals surface area contributed by atoms with Crippen molar-refractivity contribution >= 4 is 11.6 Å². The number of carbonyl (C=O) groups excluding carboxylic acids is 1. The van der Waals surface area contributed by atoms with Gasteiger partial charge in [0, 0.05) is 12.1 Å². The molecular formula is C16H16NO. The van der Waals surface area contributed by atoms with Gasteiger partial charge in [-0.3, -0.25) is 4.79 Å². The van der Waals surface area contributed by atoms with E-state index in [4.69, 9.17) is 0 Å². The normalized spacial score (nSPS) is 10.1. The Kier molecular flexibility index (Phi) is 4.13. The van der Waals surface area contributed by atoms with Gasteiger partial charge >= 0.3 is 0 Å². The van der Waals surface area contributed by atoms with E-state index in [0.29, 0.717) is 13.0 Å². The number of carbonyl (C=O) groups is 1. The van der Waals surface area contributed by atoms with E-state index in [9.17, 15) is 4.79 Å². The number of benzene rings is 2. The number of hydrogen-bond donors (Lipinski definition) is 0. The van der Waals surface area contributed by atoms with Crippen LogP contribution < -0.4 is 4.90 Å². The summed E-state index contributed by atoms with van der Waals surface area (Å²) in [6.07, 6.45) is 0.505. The SMILES string of the molecule is CCC(=O)N(Cc1ccccc1)c1cc[c]cc1. The standard InChI is InChI=1S/C16H16NO/c1-2-16(18)17(15-11-7-4-8-12-15)13-14-9-5-3-6-10-14/h3,5-12H,2,13H2,1H3. The second-order valence-electron chi connectivity index (χ2n) is 4.08. The third-order valence-electron chi connectivity index (χ3n) is 2.80. The van der Waals surface area contributed by atoms with Crippen LogP contribution in [-0.4, -0.2) is 5.91 Å². The number of rotatable bonds is 4. The first-order valence-electron chi connectivity index (χ1n) is 6.11. The molecule has 0 saturated heterocycles. The van der Waals surface area contributed by atoms with Crippen LogP contribution in [0.3, 0.4) is 0 Å². The van der Waals surface area contributed by atoms with Crippen LogP contribution in [0.5, 0.6) is 0 Å². The Hall–Kier alpha value is -2.09. The molecule has 0 aromatic heterocycles. The Bertz CT molecular complexity index is 493. The smallest absolute Gasteiger partial charge is 0.227 e. The first-order chi connectivity index (χ1) is 8.81. The van der Waals surface area contributed by atoms with Crippen LogP contribution in [0.4, 0.5) is 5.69 Å². The molecule has 0 unspecified atom stereocenters. The van der Waals surface area contributed by atoms with Crippen LogP contribution in [0.2, 0.25) is 0 Å². The maximum Gasteiger partial charge on any atom is 0.227 e. The van der Waals surface area contributed by atoms with Crippen LogP contribution in [-0.2, 0) is 11.3 Å². The molecule has 0 spiro atoms. The van der Waals surface area contributed by atoms with E-state index >= 15 is 0 Å². The van der Waals surface area contributed by atoms with Crippen LogP contribution >= 0.6 is 0 Å². The molecule has 2 heteroatoms. The minimum absolute atomic E-state index is 0.130. The van der Waals surface area contributed by atoms with Gasteiger partial charge in [-0.1, -0.05) is 49.4 Å². The van der Waals surface area contributed by atoms with Crippen LogP contribution in [0.1, 0.15) is 18.9 Å². The van der Waals surface area contributed by atoms with Gasteiger partial charge in [0.05, 0.1) is 6.54 Å². The summed E-state index contributed by atoms with van der Waals surface area (Å²) in [4.78, 5) is 13.8. The zero-order chi connectivity index (χ0) is 12.8. The molecular weight excluding hydrogens is 222 g/mol. The molecule has 0 aliphatic rings. The number of amides is 1. The summed E-state index contributed by atoms with van der Waals surface area (Å²) >= 11 is 0. The quantitative estimate of drug-likeness (QED) is 0.799. The molecule has 0 aliphatic carbocycles. The average molecular weight is 238 g/mol. The fourth-order valence-electron chi connectivity index (χ4n) is 1.84. The van der Waals surface area contributed by atoms with Crippen molar-refractivity contribution in [3.63, 3.8) is 0 Å². The molecule has 2 rings (SSSR count). The Morgan fingerprint density at radius 2 is 1.78 bits per heavy atom. The van der Waals surface area contributed by atoms with Gasteiger partial charge in [-0.2, -0.15) is 0 Å². The van der Waals surface area contributed by atoms with Gasteiger partial charge in [0.25, 0.3) is 0 Å². The second-order valence-corrected chi connectivity index (χ2v) is 4.08. The summed E-state index contributed by atoms with van der Waals surface area (Å²) in [5.74, 6) is 0.130. The van der Waals surface area contributed by atoms with Crippen molar-refractivity contribution in [2.45, 2.75) is 19.9 Å². The van der Waals surface area contributed by atoms with E-state index in [1.165, 1.54) is 0 Å². The summed E-state index contributed by atoms with van der Waals surface area (Å²) in [6.45, 7) is 2.49. The Balaban J connectivity index is 2.24. The van der Waals surface area contributed by atoms with E-state index in [1.54, 1.807) is 0 Å². The molecule has 2 aromatic carbocycles. The van der Waals surface area contributed by atoms with Crippen LogP contribution in [0, 0.1) is 6.07 Å². The Morgan fingerprint density at radius 1 is 1.11 bits per heavy atom. The van der Waals surface area contributed by atoms with E-state index in [2.05, 4.69) is 6.07 Å². The van der Waals surface area contributed by atoms with E-state index < -0.39 is 0 Å². The average Bonchev–Trinajstić information content (AvgIpc) is 2.46. The molecule has 0 fully saturated rings. The monoisotopic (exact) mass is 238 g/mol. The minimum Gasteiger partial charge on any atom is -0.308 e. The van der Waals surface area contributed by atoms with Crippen molar-refractivity contribution in [2.24, 2.45) is 0 Å². The van der Waals surface area contributed by atoms with Crippen molar-refractivity contribution in [1.82, 2.24) is 0 Å². The van der Waals surface area contributed by atoms with Gasteiger partial charge in [0.1, 0.15) is 0 Å². The van der Waals surface area contributed by atoms with Crippen LogP contribution in [0.25, 0.3) is 0 Å². The lowest BCUT2D eigenvalue weighted by Gasteiger charge is -2.22. The maximum atomic E-state index is 12.0. The van der Waals surface area contributed by atoms with Crippen molar-refractivity contribution in [2.75, 3.05) is 4.90 Å². The summed E-state index contributed by atoms with van der Waals surface area (Å²) in [7, 11) is 0. The highest BCUT2D eigenvalue weighted by molar-refractivity contribution is 5.92. The van der Waals surface area contributed by atoms with Gasteiger partial charge in [0.2, 0.25) is 5.91 Å². The lowest BCUT2D eigenvalue weighted by Crippen LogP contribution is -2.29. The largest absolute Gasteiger partial charge is 0.308 e. The highest BCUT2D eigenvalue weighted by Crippen LogP contribution is 2.17. The molecule has 0 bridgehead atoms. The van der Waals surface area contributed by atoms with Crippen molar-refractivity contribution in [3.05, 3.63) is 66.2 Å². The molecule has 2 aromatic rings. The zero-order valence-corrected chi connectivity index (χ0v) is 10.5. The first-order valence-corrected chi connectivity index (χ1v) is 6.11. The van der Waals surface area contributed by atoms with E-state index in [1.807, 2.05) is 66.4 Å². The zero-order valence-electron chi connectivity index (χ0n) is 10.5. The lowest BCUT2D eigenvalue weighted by molar-refractivity contribution is -0.118. The molecule has 1 radical (unpaired) electrons. The van der Waals surface area contributed by atoms with Gasteiger partial charge in [-0.05, 0) is 23.8 Å². The summed E-state index contributed by atoms with van der Waals surface area (Å²) < 4.78 is 0. The number of anilines is 1. The molecule has 0 N–H and O–H groups in total. The minimum atomic E-state index is 0.130. The lowest BCUT2D eigenvalue weighted by atomic mass is 10.2. The predicted molar refractivity (Wildman–Crippen MR) is 73.2 cm³/mol. The molecule has 0 heterocycles. The van der Waals surface area contributed by atoms with Gasteiger partial charge in [-0.15, -0.1) is 0 Å². The predicted octanol–water partition coefficient (Wildman–Crippen LogP) is 3.43. The third-order valence-corrected chi connectivity index (χ3v) is 2.80. The van der Waals surface area contributed by atoms with Crippen molar-refractivity contribution < 1.29 is 4.79 Å². The maximum absolute atomic E-state index is 12.0. The van der Waals surface area contributed by atoms with Crippen molar-refractivity contribution in [3.8, 4) is 0 Å². The van der Waals surface area contributed by atoms with Gasteiger partial charge in [0.15, 0.2) is 0 Å². The summed E-state index contributed by atoms with van der Waals surface area (Å²) in [6, 6.07) is 20.5. The first kappa shape index (κ1) is 12.4. The van der Waals surface area contributed by atoms with Gasteiger partial charge in [-0.25, -0.2) is 0 Å². The third kappa shape index (κ3) is 2.98. The fraction of sp³-hybridized carbons (Fsp3) is 0.188. The Labute approximate surface area is 108 Å². The second kappa shape index (κ2) is 6.01. The molecule has 1 amide bonds. The highest BCUT2D eigenvalue weighted by Gasteiger charge is 2.13. The number of hydrogen-bond acceptors (Lipinski definition) is 1. The Morgan fingerprint density at radius 3 is 2.39 bits per heavy atom. The molecule has 18 heavy (non-hydrogen) atoms. The van der Waals surface area contributed by atoms with Crippen LogP contribution in [0.15, 0.2) is 54.6 Å². The van der Waals surface area contributed by atoms with Crippen molar-refractivity contribution in [1.29, 1.82) is 0 Å². The topological polar surface area (TPSA) is 20.3 Å². The molecule has 0 atom stereocenters. The molecule has 91 valence electrons. The van der Waals surface area contributed by atoms with Gasteiger partial charge < -0.3 is 4.90 Å².